The molecule has 0 radical (unpaired) electrons. The molecule has 4 N–H and O–H groups in total. The van der Waals surface area contributed by atoms with E-state index in [1.54, 1.807) is 0 Å². The van der Waals surface area contributed by atoms with E-state index in [1.807, 2.05) is 0 Å². The lowest BCUT2D eigenvalue weighted by Gasteiger charge is -2.25. The third-order valence-electron chi connectivity index (χ3n) is 6.10. The normalized spacial score (nSPS) is 11.2. The van der Waals surface area contributed by atoms with E-state index < -0.39 is 36.2 Å². The SMILES string of the molecule is COCCOCCOc1cc(N(CC(=O)O)CC(=O)O)c(O)cc1-c1c2cc(Cl)c(=O)cc-2oc2cc(O)c(Cl)cc12. The predicted octanol–water partition coefficient (Wildman–Crippen LogP) is 4.30. The van der Waals surface area contributed by atoms with Gasteiger partial charge in [0.2, 0.25) is 5.43 Å². The zero-order valence-electron chi connectivity index (χ0n) is 22.1. The monoisotopic (exact) mass is 621 g/mol. The minimum Gasteiger partial charge on any atom is -0.506 e. The average molecular weight is 622 g/mol. The van der Waals surface area contributed by atoms with E-state index in [4.69, 9.17) is 41.8 Å². The summed E-state index contributed by atoms with van der Waals surface area (Å²) in [4.78, 5) is 36.3. The molecule has 12 nitrogen and oxygen atoms in total. The molecule has 0 unspecified atom stereocenters. The number of carbonyl (C=O) groups is 2. The van der Waals surface area contributed by atoms with Crippen LogP contribution >= 0.6 is 23.2 Å². The van der Waals surface area contributed by atoms with Crippen molar-refractivity contribution in [2.45, 2.75) is 0 Å². The Balaban J connectivity index is 1.98. The minimum atomic E-state index is -1.33. The number of phenols is 2. The molecule has 2 aromatic carbocycles. The van der Waals surface area contributed by atoms with Gasteiger partial charge in [0.05, 0.1) is 35.6 Å². The number of anilines is 1. The molecule has 0 saturated heterocycles. The summed E-state index contributed by atoms with van der Waals surface area (Å²) in [6.45, 7) is -0.679. The van der Waals surface area contributed by atoms with Crippen LogP contribution in [0, 0.1) is 0 Å². The van der Waals surface area contributed by atoms with Gasteiger partial charge in [0, 0.05) is 47.4 Å². The van der Waals surface area contributed by atoms with Crippen LogP contribution < -0.4 is 15.1 Å². The van der Waals surface area contributed by atoms with Crippen LogP contribution in [0.1, 0.15) is 0 Å². The molecule has 42 heavy (non-hydrogen) atoms. The van der Waals surface area contributed by atoms with Crippen molar-refractivity contribution in [3.63, 3.8) is 0 Å². The van der Waals surface area contributed by atoms with E-state index >= 15 is 0 Å². The van der Waals surface area contributed by atoms with E-state index in [2.05, 4.69) is 0 Å². The van der Waals surface area contributed by atoms with E-state index in [9.17, 15) is 34.8 Å². The summed E-state index contributed by atoms with van der Waals surface area (Å²) in [5.41, 5.74) is 0.407. The number of halogens is 2. The number of phenolic OH excluding ortho intramolecular Hbond substituents is 2. The first kappa shape index (κ1) is 30.7. The number of aromatic hydroxyl groups is 2. The molecular weight excluding hydrogens is 597 g/mol. The van der Waals surface area contributed by atoms with Crippen molar-refractivity contribution >= 4 is 51.8 Å². The van der Waals surface area contributed by atoms with Gasteiger partial charge in [-0.25, -0.2) is 0 Å². The van der Waals surface area contributed by atoms with Gasteiger partial charge in [0.25, 0.3) is 0 Å². The highest BCUT2D eigenvalue weighted by molar-refractivity contribution is 6.33. The molecule has 4 rings (SSSR count). The van der Waals surface area contributed by atoms with Gasteiger partial charge in [-0.2, -0.15) is 0 Å². The summed E-state index contributed by atoms with van der Waals surface area (Å²) >= 11 is 12.4. The van der Waals surface area contributed by atoms with Crippen molar-refractivity contribution in [2.24, 2.45) is 0 Å². The largest absolute Gasteiger partial charge is 0.506 e. The van der Waals surface area contributed by atoms with Gasteiger partial charge in [-0.15, -0.1) is 0 Å². The number of carboxylic acids is 2. The predicted molar refractivity (Wildman–Crippen MR) is 154 cm³/mol. The topological polar surface area (TPSA) is 176 Å². The van der Waals surface area contributed by atoms with Gasteiger partial charge in [0.15, 0.2) is 0 Å². The second-order valence-corrected chi connectivity index (χ2v) is 9.80. The highest BCUT2D eigenvalue weighted by atomic mass is 35.5. The Morgan fingerprint density at radius 3 is 2.21 bits per heavy atom. The van der Waals surface area contributed by atoms with Gasteiger partial charge in [-0.1, -0.05) is 23.2 Å². The Morgan fingerprint density at radius 1 is 0.857 bits per heavy atom. The van der Waals surface area contributed by atoms with Crippen LogP contribution in [0.25, 0.3) is 33.4 Å². The second-order valence-electron chi connectivity index (χ2n) is 8.99. The molecule has 0 bridgehead atoms. The van der Waals surface area contributed by atoms with Gasteiger partial charge in [-0.3, -0.25) is 14.4 Å². The summed E-state index contributed by atoms with van der Waals surface area (Å²) in [5, 5.41) is 40.3. The molecule has 222 valence electrons. The van der Waals surface area contributed by atoms with Crippen molar-refractivity contribution < 1.29 is 48.6 Å². The minimum absolute atomic E-state index is 0.00112. The van der Waals surface area contributed by atoms with E-state index in [0.717, 1.165) is 4.90 Å². The zero-order chi connectivity index (χ0) is 30.6. The lowest BCUT2D eigenvalue weighted by Crippen LogP contribution is -2.34. The number of benzene rings is 3. The third kappa shape index (κ3) is 6.80. The number of methoxy groups -OCH3 is 1. The Bertz CT molecular complexity index is 1650. The molecule has 1 aliphatic carbocycles. The molecule has 14 heteroatoms. The van der Waals surface area contributed by atoms with Crippen LogP contribution in [0.15, 0.2) is 45.6 Å². The smallest absolute Gasteiger partial charge is 0.323 e. The van der Waals surface area contributed by atoms with Crippen LogP contribution in [0.4, 0.5) is 5.69 Å². The average Bonchev–Trinajstić information content (AvgIpc) is 2.91. The molecule has 1 heterocycles. The Kier molecular flexibility index (Phi) is 9.63. The first-order chi connectivity index (χ1) is 20.0. The summed E-state index contributed by atoms with van der Waals surface area (Å²) in [7, 11) is 1.53. The van der Waals surface area contributed by atoms with Crippen LogP contribution in [0.5, 0.6) is 17.2 Å². The molecule has 2 aromatic rings. The molecule has 0 fully saturated rings. The van der Waals surface area contributed by atoms with Crippen molar-refractivity contribution in [2.75, 3.05) is 51.5 Å². The fourth-order valence-corrected chi connectivity index (χ4v) is 4.65. The molecule has 0 atom stereocenters. The number of rotatable bonds is 13. The molecule has 0 saturated carbocycles. The Hall–Kier alpha value is -4.23. The first-order valence-electron chi connectivity index (χ1n) is 12.3. The fourth-order valence-electron chi connectivity index (χ4n) is 4.32. The fraction of sp³-hybridized carbons (Fsp3) is 0.250. The second kappa shape index (κ2) is 13.2. The maximum Gasteiger partial charge on any atom is 0.323 e. The first-order valence-corrected chi connectivity index (χ1v) is 13.1. The van der Waals surface area contributed by atoms with Crippen molar-refractivity contribution in [1.29, 1.82) is 0 Å². The molecule has 2 aliphatic rings. The number of fused-ring (bicyclic) bond motifs is 2. The number of hydrogen-bond donors (Lipinski definition) is 4. The number of hydrogen-bond acceptors (Lipinski definition) is 10. The lowest BCUT2D eigenvalue weighted by molar-refractivity contribution is -0.136. The molecular formula is C28H25Cl2NO11. The highest BCUT2D eigenvalue weighted by Gasteiger charge is 2.26. The van der Waals surface area contributed by atoms with Crippen LogP contribution in [-0.4, -0.2) is 79.0 Å². The standard InChI is InChI=1S/C28H25Cl2NO11/c1-39-2-3-40-4-5-41-23-9-19(31(12-26(35)36)13-27(37)38)22(34)8-16(23)28-14-6-17(29)20(32)10-24(14)42-25-11-21(33)18(30)7-15(25)28/h6-11,32,34H,2-5,12-13H2,1H3,(H,35,36)(H,37,38). The van der Waals surface area contributed by atoms with Crippen LogP contribution in [-0.2, 0) is 19.1 Å². The molecule has 1 aliphatic heterocycles. The number of ether oxygens (including phenoxy) is 3. The van der Waals surface area contributed by atoms with Gasteiger partial charge in [0.1, 0.15) is 48.3 Å². The molecule has 0 spiro atoms. The summed E-state index contributed by atoms with van der Waals surface area (Å²) in [6.07, 6.45) is 0. The van der Waals surface area contributed by atoms with Crippen LogP contribution in [0.2, 0.25) is 10.0 Å². The highest BCUT2D eigenvalue weighted by Crippen LogP contribution is 2.48. The molecule has 0 amide bonds. The van der Waals surface area contributed by atoms with Gasteiger partial charge >= 0.3 is 11.9 Å². The Labute approximate surface area is 248 Å². The van der Waals surface area contributed by atoms with Gasteiger partial charge < -0.3 is 44.0 Å². The van der Waals surface area contributed by atoms with Crippen molar-refractivity contribution in [3.8, 4) is 39.7 Å². The van der Waals surface area contributed by atoms with Crippen LogP contribution in [0.3, 0.4) is 0 Å². The zero-order valence-corrected chi connectivity index (χ0v) is 23.6. The Morgan fingerprint density at radius 2 is 1.55 bits per heavy atom. The lowest BCUT2D eigenvalue weighted by atomic mass is 9.92. The summed E-state index contributed by atoms with van der Waals surface area (Å²) < 4.78 is 22.3. The van der Waals surface area contributed by atoms with Crippen molar-refractivity contribution in [1.82, 2.24) is 0 Å². The van der Waals surface area contributed by atoms with Gasteiger partial charge in [-0.05, 0) is 18.2 Å². The maximum atomic E-state index is 12.4. The number of aliphatic carboxylic acids is 2. The maximum absolute atomic E-state index is 12.4. The van der Waals surface area contributed by atoms with E-state index in [1.165, 1.54) is 43.5 Å². The van der Waals surface area contributed by atoms with E-state index in [-0.39, 0.29) is 57.4 Å². The quantitative estimate of drug-likeness (QED) is 0.123. The third-order valence-corrected chi connectivity index (χ3v) is 6.70. The summed E-state index contributed by atoms with van der Waals surface area (Å²) in [5.74, 6) is -3.20. The van der Waals surface area contributed by atoms with E-state index in [0.29, 0.717) is 29.7 Å². The number of carboxylic acid groups (broad SMARTS) is 2. The molecule has 0 aromatic heterocycles. The van der Waals surface area contributed by atoms with Crippen molar-refractivity contribution in [3.05, 3.63) is 56.7 Å². The summed E-state index contributed by atoms with van der Waals surface area (Å²) in [6, 6.07) is 7.81. The number of nitrogens with zero attached hydrogens (tertiary/aromatic N) is 1.